The first-order valence-corrected chi connectivity index (χ1v) is 7.24. The van der Waals surface area contributed by atoms with Crippen molar-refractivity contribution >= 4 is 30.0 Å². The number of nitrogens with one attached hydrogen (secondary N) is 1. The number of hydrogen-bond donors (Lipinski definition) is 1. The third kappa shape index (κ3) is 3.62. The third-order valence-corrected chi connectivity index (χ3v) is 4.04. The standard InChI is InChI=1S/C15H20ClNO3.ClH/c1-3-20-14(18)15(6-8-17-9-7-15)12-10-11(16)4-5-13(12)19-2;/h4-5,10,17H,3,6-9H2,1-2H3;1H. The zero-order chi connectivity index (χ0) is 14.6. The maximum atomic E-state index is 12.6. The minimum Gasteiger partial charge on any atom is -0.496 e. The Morgan fingerprint density at radius 3 is 2.62 bits per heavy atom. The smallest absolute Gasteiger partial charge is 0.316 e. The van der Waals surface area contributed by atoms with Crippen LogP contribution in [0.5, 0.6) is 5.75 Å². The van der Waals surface area contributed by atoms with E-state index in [9.17, 15) is 4.79 Å². The van der Waals surface area contributed by atoms with E-state index in [0.29, 0.717) is 30.2 Å². The Hall–Kier alpha value is -0.970. The summed E-state index contributed by atoms with van der Waals surface area (Å²) in [6.45, 7) is 3.74. The van der Waals surface area contributed by atoms with Crippen molar-refractivity contribution in [2.45, 2.75) is 25.2 Å². The minimum absolute atomic E-state index is 0. The first-order chi connectivity index (χ1) is 9.64. The first kappa shape index (κ1) is 18.1. The van der Waals surface area contributed by atoms with Gasteiger partial charge in [-0.3, -0.25) is 4.79 Å². The van der Waals surface area contributed by atoms with Crippen molar-refractivity contribution in [2.75, 3.05) is 26.8 Å². The van der Waals surface area contributed by atoms with Crippen molar-refractivity contribution in [1.82, 2.24) is 5.32 Å². The van der Waals surface area contributed by atoms with E-state index >= 15 is 0 Å². The van der Waals surface area contributed by atoms with Crippen LogP contribution < -0.4 is 10.1 Å². The summed E-state index contributed by atoms with van der Waals surface area (Å²) in [5.41, 5.74) is 0.157. The lowest BCUT2D eigenvalue weighted by molar-refractivity contribution is -0.151. The zero-order valence-corrected chi connectivity index (χ0v) is 13.9. The van der Waals surface area contributed by atoms with Crippen LogP contribution in [0.3, 0.4) is 0 Å². The molecule has 0 bridgehead atoms. The summed E-state index contributed by atoms with van der Waals surface area (Å²) < 4.78 is 10.7. The predicted molar refractivity (Wildman–Crippen MR) is 85.7 cm³/mol. The fourth-order valence-corrected chi connectivity index (χ4v) is 2.93. The molecule has 1 saturated heterocycles. The summed E-state index contributed by atoms with van der Waals surface area (Å²) in [6, 6.07) is 5.40. The van der Waals surface area contributed by atoms with Gasteiger partial charge in [-0.15, -0.1) is 12.4 Å². The first-order valence-electron chi connectivity index (χ1n) is 6.86. The molecule has 1 heterocycles. The number of rotatable bonds is 4. The van der Waals surface area contributed by atoms with Crippen molar-refractivity contribution in [3.8, 4) is 5.75 Å². The second kappa shape index (κ2) is 7.87. The molecular formula is C15H21Cl2NO3. The summed E-state index contributed by atoms with van der Waals surface area (Å²) in [7, 11) is 1.60. The molecule has 0 aliphatic carbocycles. The molecule has 0 unspecified atom stereocenters. The van der Waals surface area contributed by atoms with Crippen LogP contribution in [0.25, 0.3) is 0 Å². The maximum absolute atomic E-state index is 12.6. The van der Waals surface area contributed by atoms with Crippen LogP contribution in [0.1, 0.15) is 25.3 Å². The molecule has 6 heteroatoms. The van der Waals surface area contributed by atoms with Gasteiger partial charge in [0.05, 0.1) is 19.1 Å². The van der Waals surface area contributed by atoms with Crippen molar-refractivity contribution in [2.24, 2.45) is 0 Å². The van der Waals surface area contributed by atoms with Crippen LogP contribution in [0.4, 0.5) is 0 Å². The van der Waals surface area contributed by atoms with E-state index in [2.05, 4.69) is 5.32 Å². The van der Waals surface area contributed by atoms with Gasteiger partial charge in [0.25, 0.3) is 0 Å². The highest BCUT2D eigenvalue weighted by molar-refractivity contribution is 6.30. The van der Waals surface area contributed by atoms with Crippen LogP contribution in [0.15, 0.2) is 18.2 Å². The van der Waals surface area contributed by atoms with Gasteiger partial charge in [0.1, 0.15) is 5.75 Å². The minimum atomic E-state index is -0.669. The highest BCUT2D eigenvalue weighted by Crippen LogP contribution is 2.41. The van der Waals surface area contributed by atoms with Crippen LogP contribution in [0.2, 0.25) is 5.02 Å². The number of carbonyl (C=O) groups is 1. The van der Waals surface area contributed by atoms with Crippen LogP contribution in [-0.2, 0) is 14.9 Å². The van der Waals surface area contributed by atoms with Gasteiger partial charge in [-0.05, 0) is 51.1 Å². The Morgan fingerprint density at radius 2 is 2.05 bits per heavy atom. The normalized spacial score (nSPS) is 16.7. The molecule has 0 radical (unpaired) electrons. The fourth-order valence-electron chi connectivity index (χ4n) is 2.76. The van der Waals surface area contributed by atoms with E-state index in [1.165, 1.54) is 0 Å². The number of halogens is 2. The number of methoxy groups -OCH3 is 1. The van der Waals surface area contributed by atoms with E-state index < -0.39 is 5.41 Å². The summed E-state index contributed by atoms with van der Waals surface area (Å²) in [4.78, 5) is 12.6. The average molecular weight is 334 g/mol. The number of ether oxygens (including phenoxy) is 2. The van der Waals surface area contributed by atoms with Crippen molar-refractivity contribution in [1.29, 1.82) is 0 Å². The molecule has 0 amide bonds. The van der Waals surface area contributed by atoms with E-state index in [-0.39, 0.29) is 18.4 Å². The molecule has 0 atom stereocenters. The summed E-state index contributed by atoms with van der Waals surface area (Å²) >= 11 is 6.11. The molecule has 118 valence electrons. The Kier molecular flexibility index (Phi) is 6.78. The molecule has 1 N–H and O–H groups in total. The third-order valence-electron chi connectivity index (χ3n) is 3.80. The summed E-state index contributed by atoms with van der Waals surface area (Å²) in [5, 5.41) is 3.88. The molecule has 1 aromatic rings. The average Bonchev–Trinajstić information content (AvgIpc) is 2.48. The second-order valence-electron chi connectivity index (χ2n) is 4.90. The highest BCUT2D eigenvalue weighted by atomic mass is 35.5. The molecule has 0 spiro atoms. The fraction of sp³-hybridized carbons (Fsp3) is 0.533. The Bertz CT molecular complexity index is 488. The number of piperidine rings is 1. The van der Waals surface area contributed by atoms with Gasteiger partial charge in [0.2, 0.25) is 0 Å². The van der Waals surface area contributed by atoms with Gasteiger partial charge in [0, 0.05) is 10.6 Å². The van der Waals surface area contributed by atoms with Crippen LogP contribution in [0, 0.1) is 0 Å². The van der Waals surface area contributed by atoms with Crippen molar-refractivity contribution in [3.63, 3.8) is 0 Å². The molecule has 0 aromatic heterocycles. The highest BCUT2D eigenvalue weighted by Gasteiger charge is 2.44. The Morgan fingerprint density at radius 1 is 1.38 bits per heavy atom. The lowest BCUT2D eigenvalue weighted by atomic mass is 9.72. The molecule has 1 aromatic carbocycles. The maximum Gasteiger partial charge on any atom is 0.316 e. The van der Waals surface area contributed by atoms with E-state index in [1.807, 2.05) is 13.0 Å². The molecule has 1 aliphatic heterocycles. The van der Waals surface area contributed by atoms with E-state index in [4.69, 9.17) is 21.1 Å². The predicted octanol–water partition coefficient (Wildman–Crippen LogP) is 2.95. The summed E-state index contributed by atoms with van der Waals surface area (Å²) in [5.74, 6) is 0.492. The van der Waals surface area contributed by atoms with Crippen molar-refractivity contribution in [3.05, 3.63) is 28.8 Å². The molecule has 21 heavy (non-hydrogen) atoms. The van der Waals surface area contributed by atoms with Crippen LogP contribution >= 0.6 is 24.0 Å². The zero-order valence-electron chi connectivity index (χ0n) is 12.3. The van der Waals surface area contributed by atoms with Gasteiger partial charge in [0.15, 0.2) is 0 Å². The van der Waals surface area contributed by atoms with Crippen LogP contribution in [-0.4, -0.2) is 32.8 Å². The Labute approximate surface area is 136 Å². The number of carbonyl (C=O) groups excluding carboxylic acids is 1. The largest absolute Gasteiger partial charge is 0.496 e. The van der Waals surface area contributed by atoms with Gasteiger partial charge in [-0.1, -0.05) is 11.6 Å². The Balaban J connectivity index is 0.00000220. The topological polar surface area (TPSA) is 47.6 Å². The molecular weight excluding hydrogens is 313 g/mol. The monoisotopic (exact) mass is 333 g/mol. The molecule has 0 saturated carbocycles. The summed E-state index contributed by atoms with van der Waals surface area (Å²) in [6.07, 6.45) is 1.37. The lowest BCUT2D eigenvalue weighted by Gasteiger charge is -2.36. The molecule has 1 fully saturated rings. The molecule has 4 nitrogen and oxygen atoms in total. The van der Waals surface area contributed by atoms with Gasteiger partial charge in [-0.25, -0.2) is 0 Å². The van der Waals surface area contributed by atoms with Gasteiger partial charge < -0.3 is 14.8 Å². The van der Waals surface area contributed by atoms with E-state index in [0.717, 1.165) is 18.7 Å². The van der Waals surface area contributed by atoms with Gasteiger partial charge in [-0.2, -0.15) is 0 Å². The van der Waals surface area contributed by atoms with Crippen molar-refractivity contribution < 1.29 is 14.3 Å². The second-order valence-corrected chi connectivity index (χ2v) is 5.33. The van der Waals surface area contributed by atoms with E-state index in [1.54, 1.807) is 19.2 Å². The number of esters is 1. The number of benzene rings is 1. The SMILES string of the molecule is CCOC(=O)C1(c2cc(Cl)ccc2OC)CCNCC1.Cl. The number of hydrogen-bond acceptors (Lipinski definition) is 4. The molecule has 1 aliphatic rings. The quantitative estimate of drug-likeness (QED) is 0.860. The molecule has 2 rings (SSSR count). The lowest BCUT2D eigenvalue weighted by Crippen LogP contribution is -2.46. The van der Waals surface area contributed by atoms with Gasteiger partial charge >= 0.3 is 5.97 Å².